The molecule has 1 atom stereocenters. The molecule has 1 N–H and O–H groups in total. The molecule has 0 bridgehead atoms. The van der Waals surface area contributed by atoms with Gasteiger partial charge in [-0.25, -0.2) is 0 Å². The number of carbonyl (C=O) groups excluding carboxylic acids is 1. The van der Waals surface area contributed by atoms with E-state index in [1.165, 1.54) is 16.2 Å². The van der Waals surface area contributed by atoms with Crippen molar-refractivity contribution in [2.75, 3.05) is 13.1 Å². The number of halogens is 1. The van der Waals surface area contributed by atoms with E-state index in [9.17, 15) is 9.90 Å². The number of hydrogen-bond donors (Lipinski definition) is 1. The lowest BCUT2D eigenvalue weighted by molar-refractivity contribution is -0.127. The Morgan fingerprint density at radius 2 is 2.40 bits per heavy atom. The van der Waals surface area contributed by atoms with Crippen LogP contribution in [0, 0.1) is 0 Å². The molecule has 0 saturated carbocycles. The van der Waals surface area contributed by atoms with Crippen LogP contribution in [0.1, 0.15) is 11.3 Å². The molecule has 1 unspecified atom stereocenters. The molecule has 0 spiro atoms. The summed E-state index contributed by atoms with van der Waals surface area (Å²) in [4.78, 5) is 14.2. The maximum Gasteiger partial charge on any atom is 0.225 e. The fourth-order valence-electron chi connectivity index (χ4n) is 1.70. The molecule has 1 aliphatic heterocycles. The van der Waals surface area contributed by atoms with Crippen LogP contribution in [-0.4, -0.2) is 35.1 Å². The summed E-state index contributed by atoms with van der Waals surface area (Å²) < 4.78 is 0.776. The van der Waals surface area contributed by atoms with Crippen LogP contribution < -0.4 is 0 Å². The van der Waals surface area contributed by atoms with E-state index in [1.807, 2.05) is 12.1 Å². The Bertz CT molecular complexity index is 366. The van der Waals surface area contributed by atoms with Gasteiger partial charge in [0.05, 0.1) is 16.9 Å². The summed E-state index contributed by atoms with van der Waals surface area (Å²) in [5, 5.41) is 9.29. The van der Waals surface area contributed by atoms with Crippen molar-refractivity contribution in [2.45, 2.75) is 18.9 Å². The largest absolute Gasteiger partial charge is 0.391 e. The van der Waals surface area contributed by atoms with Crippen LogP contribution in [0.4, 0.5) is 0 Å². The zero-order chi connectivity index (χ0) is 10.8. The van der Waals surface area contributed by atoms with Crippen LogP contribution >= 0.6 is 22.9 Å². The van der Waals surface area contributed by atoms with E-state index < -0.39 is 6.10 Å². The minimum Gasteiger partial charge on any atom is -0.391 e. The molecule has 0 aromatic carbocycles. The molecular weight excluding hydrogens is 234 g/mol. The number of amides is 1. The topological polar surface area (TPSA) is 40.5 Å². The fraction of sp³-hybridized carbons (Fsp3) is 0.500. The van der Waals surface area contributed by atoms with E-state index >= 15 is 0 Å². The molecule has 0 radical (unpaired) electrons. The van der Waals surface area contributed by atoms with E-state index in [1.54, 1.807) is 4.90 Å². The van der Waals surface area contributed by atoms with Crippen LogP contribution in [0.3, 0.4) is 0 Å². The maximum atomic E-state index is 11.4. The van der Waals surface area contributed by atoms with E-state index in [0.717, 1.165) is 10.8 Å². The van der Waals surface area contributed by atoms with Gasteiger partial charge in [0.25, 0.3) is 0 Å². The van der Waals surface area contributed by atoms with Crippen molar-refractivity contribution in [3.8, 4) is 0 Å². The zero-order valence-electron chi connectivity index (χ0n) is 8.15. The lowest BCUT2D eigenvalue weighted by Gasteiger charge is -2.14. The van der Waals surface area contributed by atoms with Crippen LogP contribution in [0.5, 0.6) is 0 Å². The van der Waals surface area contributed by atoms with Gasteiger partial charge in [0.2, 0.25) is 5.91 Å². The number of thiophene rings is 1. The van der Waals surface area contributed by atoms with Crippen molar-refractivity contribution >= 4 is 28.8 Å². The summed E-state index contributed by atoms with van der Waals surface area (Å²) in [6.45, 7) is 1.14. The quantitative estimate of drug-likeness (QED) is 0.878. The van der Waals surface area contributed by atoms with Crippen LogP contribution in [-0.2, 0) is 11.2 Å². The molecule has 3 nitrogen and oxygen atoms in total. The Balaban J connectivity index is 1.86. The number of nitrogens with zero attached hydrogens (tertiary/aromatic N) is 1. The first-order valence-corrected chi connectivity index (χ1v) is 6.04. The standard InChI is InChI=1S/C10H12ClNO2S/c11-9-2-1-8(15-9)3-4-12-6-7(13)5-10(12)14/h1-2,7,13H,3-6H2. The number of likely N-dealkylation sites (tertiary alicyclic amines) is 1. The molecule has 1 saturated heterocycles. The van der Waals surface area contributed by atoms with E-state index in [2.05, 4.69) is 0 Å². The zero-order valence-corrected chi connectivity index (χ0v) is 9.72. The minimum absolute atomic E-state index is 0.0464. The molecule has 0 aliphatic carbocycles. The molecule has 82 valence electrons. The number of aliphatic hydroxyl groups excluding tert-OH is 1. The Morgan fingerprint density at radius 3 is 2.93 bits per heavy atom. The highest BCUT2D eigenvalue weighted by Gasteiger charge is 2.27. The molecule has 2 rings (SSSR count). The second kappa shape index (κ2) is 4.51. The summed E-state index contributed by atoms with van der Waals surface area (Å²) in [6, 6.07) is 3.84. The molecule has 5 heteroatoms. The lowest BCUT2D eigenvalue weighted by Crippen LogP contribution is -2.27. The lowest BCUT2D eigenvalue weighted by atomic mass is 10.3. The molecule has 2 heterocycles. The average Bonchev–Trinajstić information content (AvgIpc) is 2.70. The third-order valence-electron chi connectivity index (χ3n) is 2.45. The summed E-state index contributed by atoms with van der Waals surface area (Å²) in [5.41, 5.74) is 0. The molecule has 1 aromatic rings. The van der Waals surface area contributed by atoms with Gasteiger partial charge in [-0.1, -0.05) is 11.6 Å². The summed E-state index contributed by atoms with van der Waals surface area (Å²) in [7, 11) is 0. The molecule has 15 heavy (non-hydrogen) atoms. The number of carbonyl (C=O) groups is 1. The van der Waals surface area contributed by atoms with Crippen LogP contribution in [0.2, 0.25) is 4.34 Å². The molecule has 1 aliphatic rings. The van der Waals surface area contributed by atoms with E-state index in [-0.39, 0.29) is 12.3 Å². The second-order valence-electron chi connectivity index (χ2n) is 3.65. The maximum absolute atomic E-state index is 11.4. The summed E-state index contributed by atoms with van der Waals surface area (Å²) in [5.74, 6) is 0.0464. The molecule has 1 amide bonds. The monoisotopic (exact) mass is 245 g/mol. The minimum atomic E-state index is -0.482. The Morgan fingerprint density at radius 1 is 1.60 bits per heavy atom. The van der Waals surface area contributed by atoms with Gasteiger partial charge in [-0.05, 0) is 18.6 Å². The molecule has 1 aromatic heterocycles. The van der Waals surface area contributed by atoms with E-state index in [0.29, 0.717) is 13.1 Å². The van der Waals surface area contributed by atoms with Gasteiger partial charge in [-0.2, -0.15) is 0 Å². The Kier molecular flexibility index (Phi) is 3.29. The second-order valence-corrected chi connectivity index (χ2v) is 5.45. The van der Waals surface area contributed by atoms with Gasteiger partial charge < -0.3 is 10.0 Å². The predicted molar refractivity (Wildman–Crippen MR) is 60.2 cm³/mol. The van der Waals surface area contributed by atoms with Gasteiger partial charge in [0.15, 0.2) is 0 Å². The first-order valence-electron chi connectivity index (χ1n) is 4.85. The van der Waals surface area contributed by atoms with Crippen molar-refractivity contribution in [1.29, 1.82) is 0 Å². The Hall–Kier alpha value is -0.580. The Labute approximate surface area is 97.3 Å². The van der Waals surface area contributed by atoms with Crippen molar-refractivity contribution in [3.05, 3.63) is 21.3 Å². The highest BCUT2D eigenvalue weighted by atomic mass is 35.5. The first-order chi connectivity index (χ1) is 7.15. The van der Waals surface area contributed by atoms with Gasteiger partial charge in [0, 0.05) is 18.0 Å². The van der Waals surface area contributed by atoms with Crippen molar-refractivity contribution in [3.63, 3.8) is 0 Å². The number of rotatable bonds is 3. The SMILES string of the molecule is O=C1CC(O)CN1CCc1ccc(Cl)s1. The van der Waals surface area contributed by atoms with Gasteiger partial charge >= 0.3 is 0 Å². The first kappa shape index (κ1) is 10.9. The van der Waals surface area contributed by atoms with Gasteiger partial charge in [-0.15, -0.1) is 11.3 Å². The molecule has 1 fully saturated rings. The predicted octanol–water partition coefficient (Wildman–Crippen LogP) is 1.54. The highest BCUT2D eigenvalue weighted by molar-refractivity contribution is 7.16. The smallest absolute Gasteiger partial charge is 0.225 e. The van der Waals surface area contributed by atoms with Crippen molar-refractivity contribution < 1.29 is 9.90 Å². The average molecular weight is 246 g/mol. The van der Waals surface area contributed by atoms with E-state index in [4.69, 9.17) is 11.6 Å². The van der Waals surface area contributed by atoms with Gasteiger partial charge in [-0.3, -0.25) is 4.79 Å². The molecular formula is C10H12ClNO2S. The van der Waals surface area contributed by atoms with Crippen molar-refractivity contribution in [2.24, 2.45) is 0 Å². The fourth-order valence-corrected chi connectivity index (χ4v) is 2.77. The number of aliphatic hydroxyl groups is 1. The third kappa shape index (κ3) is 2.71. The highest BCUT2D eigenvalue weighted by Crippen LogP contribution is 2.22. The number of β-amino-alcohol motifs (C(OH)–C–C–N with tert-alkyl or cyclic N) is 1. The van der Waals surface area contributed by atoms with Crippen molar-refractivity contribution in [1.82, 2.24) is 4.90 Å². The van der Waals surface area contributed by atoms with Gasteiger partial charge in [0.1, 0.15) is 0 Å². The normalized spacial score (nSPS) is 21.3. The van der Waals surface area contributed by atoms with Crippen LogP contribution in [0.25, 0.3) is 0 Å². The summed E-state index contributed by atoms with van der Waals surface area (Å²) in [6.07, 6.45) is 0.602. The third-order valence-corrected chi connectivity index (χ3v) is 3.74. The van der Waals surface area contributed by atoms with Crippen LogP contribution in [0.15, 0.2) is 12.1 Å². The summed E-state index contributed by atoms with van der Waals surface area (Å²) >= 11 is 7.34. The number of hydrogen-bond acceptors (Lipinski definition) is 3.